The number of hydrogen-bond acceptors (Lipinski definition) is 4. The standard InChI is InChI=1S/C15H23NO4/c1-12(11-20-3)16(8-9-19-2)10-13-6-4-5-7-14(13)15(17)18/h4-7,12H,8-11H2,1-3H3,(H,17,18). The van der Waals surface area contributed by atoms with Gasteiger partial charge in [-0.2, -0.15) is 0 Å². The first-order chi connectivity index (χ1) is 9.60. The van der Waals surface area contributed by atoms with Gasteiger partial charge in [0.1, 0.15) is 0 Å². The number of hydrogen-bond donors (Lipinski definition) is 1. The van der Waals surface area contributed by atoms with Crippen LogP contribution in [-0.2, 0) is 16.0 Å². The molecule has 0 radical (unpaired) electrons. The number of benzene rings is 1. The van der Waals surface area contributed by atoms with Crippen molar-refractivity contribution in [1.29, 1.82) is 0 Å². The number of nitrogens with zero attached hydrogens (tertiary/aromatic N) is 1. The van der Waals surface area contributed by atoms with Crippen LogP contribution in [0.4, 0.5) is 0 Å². The first-order valence-corrected chi connectivity index (χ1v) is 6.63. The Morgan fingerprint density at radius 1 is 1.30 bits per heavy atom. The van der Waals surface area contributed by atoms with Gasteiger partial charge in [0.2, 0.25) is 0 Å². The van der Waals surface area contributed by atoms with Gasteiger partial charge in [0.25, 0.3) is 0 Å². The summed E-state index contributed by atoms with van der Waals surface area (Å²) < 4.78 is 10.3. The molecule has 0 aliphatic rings. The molecule has 1 aromatic carbocycles. The van der Waals surface area contributed by atoms with E-state index in [2.05, 4.69) is 11.8 Å². The summed E-state index contributed by atoms with van der Waals surface area (Å²) in [4.78, 5) is 13.4. The van der Waals surface area contributed by atoms with E-state index in [0.717, 1.165) is 12.1 Å². The molecule has 1 rings (SSSR count). The molecule has 0 amide bonds. The van der Waals surface area contributed by atoms with Gasteiger partial charge in [0.05, 0.1) is 18.8 Å². The van der Waals surface area contributed by atoms with Crippen molar-refractivity contribution in [1.82, 2.24) is 4.90 Å². The third-order valence-electron chi connectivity index (χ3n) is 3.24. The summed E-state index contributed by atoms with van der Waals surface area (Å²) in [5, 5.41) is 9.23. The zero-order valence-electron chi connectivity index (χ0n) is 12.3. The van der Waals surface area contributed by atoms with Crippen molar-refractivity contribution in [3.63, 3.8) is 0 Å². The Hall–Kier alpha value is -1.43. The van der Waals surface area contributed by atoms with Crippen LogP contribution >= 0.6 is 0 Å². The summed E-state index contributed by atoms with van der Waals surface area (Å²) in [6.07, 6.45) is 0. The number of carboxylic acid groups (broad SMARTS) is 1. The topological polar surface area (TPSA) is 59.0 Å². The highest BCUT2D eigenvalue weighted by molar-refractivity contribution is 5.89. The molecule has 1 unspecified atom stereocenters. The predicted octanol–water partition coefficient (Wildman–Crippen LogP) is 1.87. The highest BCUT2D eigenvalue weighted by Crippen LogP contribution is 2.14. The van der Waals surface area contributed by atoms with Gasteiger partial charge in [0.15, 0.2) is 0 Å². The van der Waals surface area contributed by atoms with Crippen molar-refractivity contribution in [2.45, 2.75) is 19.5 Å². The Morgan fingerprint density at radius 3 is 2.60 bits per heavy atom. The highest BCUT2D eigenvalue weighted by Gasteiger charge is 2.17. The summed E-state index contributed by atoms with van der Waals surface area (Å²) >= 11 is 0. The summed E-state index contributed by atoms with van der Waals surface area (Å²) in [5.41, 5.74) is 1.15. The lowest BCUT2D eigenvalue weighted by atomic mass is 10.1. The van der Waals surface area contributed by atoms with Crippen molar-refractivity contribution in [2.75, 3.05) is 34.0 Å². The summed E-state index contributed by atoms with van der Waals surface area (Å²) in [6.45, 7) is 4.55. The molecule has 0 saturated heterocycles. The molecular weight excluding hydrogens is 258 g/mol. The lowest BCUT2D eigenvalue weighted by molar-refractivity contribution is 0.0664. The Bertz CT molecular complexity index is 422. The van der Waals surface area contributed by atoms with E-state index in [1.807, 2.05) is 12.1 Å². The lowest BCUT2D eigenvalue weighted by Crippen LogP contribution is -2.38. The number of methoxy groups -OCH3 is 2. The molecule has 112 valence electrons. The molecule has 0 spiro atoms. The third-order valence-corrected chi connectivity index (χ3v) is 3.24. The first kappa shape index (κ1) is 16.6. The fourth-order valence-electron chi connectivity index (χ4n) is 2.10. The molecule has 0 aliphatic carbocycles. The fraction of sp³-hybridized carbons (Fsp3) is 0.533. The van der Waals surface area contributed by atoms with Crippen LogP contribution in [0.2, 0.25) is 0 Å². The molecule has 5 nitrogen and oxygen atoms in total. The van der Waals surface area contributed by atoms with Crippen molar-refractivity contribution < 1.29 is 19.4 Å². The maximum Gasteiger partial charge on any atom is 0.336 e. The number of ether oxygens (including phenoxy) is 2. The van der Waals surface area contributed by atoms with Gasteiger partial charge in [-0.3, -0.25) is 4.90 Å². The molecular formula is C15H23NO4. The minimum atomic E-state index is -0.897. The van der Waals surface area contributed by atoms with Crippen molar-refractivity contribution in [3.8, 4) is 0 Å². The van der Waals surface area contributed by atoms with E-state index < -0.39 is 5.97 Å². The minimum absolute atomic E-state index is 0.192. The molecule has 0 aromatic heterocycles. The maximum absolute atomic E-state index is 11.2. The van der Waals surface area contributed by atoms with Crippen LogP contribution in [-0.4, -0.2) is 56.0 Å². The summed E-state index contributed by atoms with van der Waals surface area (Å²) in [7, 11) is 3.32. The Labute approximate surface area is 120 Å². The lowest BCUT2D eigenvalue weighted by Gasteiger charge is -2.28. The second-order valence-corrected chi connectivity index (χ2v) is 4.73. The van der Waals surface area contributed by atoms with Crippen molar-refractivity contribution in [3.05, 3.63) is 35.4 Å². The molecule has 0 saturated carbocycles. The molecule has 20 heavy (non-hydrogen) atoms. The van der Waals surface area contributed by atoms with E-state index in [0.29, 0.717) is 25.3 Å². The number of carbonyl (C=O) groups is 1. The molecule has 1 aromatic rings. The Morgan fingerprint density at radius 2 is 2.00 bits per heavy atom. The maximum atomic E-state index is 11.2. The van der Waals surface area contributed by atoms with Gasteiger partial charge < -0.3 is 14.6 Å². The highest BCUT2D eigenvalue weighted by atomic mass is 16.5. The zero-order valence-corrected chi connectivity index (χ0v) is 12.3. The quantitative estimate of drug-likeness (QED) is 0.749. The van der Waals surface area contributed by atoms with Crippen LogP contribution in [0.25, 0.3) is 0 Å². The van der Waals surface area contributed by atoms with E-state index in [9.17, 15) is 9.90 Å². The van der Waals surface area contributed by atoms with Gasteiger partial charge in [-0.1, -0.05) is 18.2 Å². The van der Waals surface area contributed by atoms with Gasteiger partial charge in [-0.05, 0) is 18.6 Å². The van der Waals surface area contributed by atoms with Crippen molar-refractivity contribution >= 4 is 5.97 Å². The van der Waals surface area contributed by atoms with Crippen LogP contribution in [0.3, 0.4) is 0 Å². The summed E-state index contributed by atoms with van der Waals surface area (Å²) in [6, 6.07) is 7.27. The van der Waals surface area contributed by atoms with Crippen LogP contribution in [0.5, 0.6) is 0 Å². The monoisotopic (exact) mass is 281 g/mol. The predicted molar refractivity (Wildman–Crippen MR) is 77.0 cm³/mol. The van der Waals surface area contributed by atoms with Crippen LogP contribution < -0.4 is 0 Å². The van der Waals surface area contributed by atoms with E-state index in [1.165, 1.54) is 0 Å². The van der Waals surface area contributed by atoms with E-state index in [1.54, 1.807) is 26.4 Å². The zero-order chi connectivity index (χ0) is 15.0. The Kier molecular flexibility index (Phi) is 7.22. The molecule has 0 fully saturated rings. The van der Waals surface area contributed by atoms with Crippen LogP contribution in [0.15, 0.2) is 24.3 Å². The Balaban J connectivity index is 2.85. The molecule has 1 atom stereocenters. The minimum Gasteiger partial charge on any atom is -0.478 e. The van der Waals surface area contributed by atoms with Gasteiger partial charge >= 0.3 is 5.97 Å². The summed E-state index contributed by atoms with van der Waals surface area (Å²) in [5.74, 6) is -0.897. The van der Waals surface area contributed by atoms with Crippen LogP contribution in [0.1, 0.15) is 22.8 Å². The molecule has 0 heterocycles. The normalized spacial score (nSPS) is 12.6. The molecule has 1 N–H and O–H groups in total. The number of aromatic carboxylic acids is 1. The SMILES string of the molecule is COCCN(Cc1ccccc1C(=O)O)C(C)COC. The number of carboxylic acids is 1. The van der Waals surface area contributed by atoms with Gasteiger partial charge in [-0.15, -0.1) is 0 Å². The molecule has 0 bridgehead atoms. The largest absolute Gasteiger partial charge is 0.478 e. The second-order valence-electron chi connectivity index (χ2n) is 4.73. The fourth-order valence-corrected chi connectivity index (χ4v) is 2.10. The van der Waals surface area contributed by atoms with E-state index in [4.69, 9.17) is 9.47 Å². The average molecular weight is 281 g/mol. The van der Waals surface area contributed by atoms with Crippen molar-refractivity contribution in [2.24, 2.45) is 0 Å². The third kappa shape index (κ3) is 4.92. The molecule has 0 aliphatic heterocycles. The van der Waals surface area contributed by atoms with Gasteiger partial charge in [0, 0.05) is 33.4 Å². The van der Waals surface area contributed by atoms with Gasteiger partial charge in [-0.25, -0.2) is 4.79 Å². The molecule has 5 heteroatoms. The van der Waals surface area contributed by atoms with Crippen LogP contribution in [0, 0.1) is 0 Å². The first-order valence-electron chi connectivity index (χ1n) is 6.63. The second kappa shape index (κ2) is 8.68. The average Bonchev–Trinajstić information content (AvgIpc) is 2.43. The number of rotatable bonds is 9. The van der Waals surface area contributed by atoms with E-state index >= 15 is 0 Å². The smallest absolute Gasteiger partial charge is 0.336 e. The van der Waals surface area contributed by atoms with E-state index in [-0.39, 0.29) is 6.04 Å².